The van der Waals surface area contributed by atoms with Gasteiger partial charge in [0.25, 0.3) is 0 Å². The zero-order valence-electron chi connectivity index (χ0n) is 26.2. The molecular formula is C32H36N10O7. The Labute approximate surface area is 279 Å². The molecule has 5 aromatic rings. The van der Waals surface area contributed by atoms with Crippen LogP contribution in [-0.2, 0) is 17.8 Å². The van der Waals surface area contributed by atoms with Crippen molar-refractivity contribution in [1.29, 1.82) is 0 Å². The lowest BCUT2D eigenvalue weighted by atomic mass is 10.1. The molecule has 49 heavy (non-hydrogen) atoms. The molecule has 6 heterocycles. The summed E-state index contributed by atoms with van der Waals surface area (Å²) in [6.07, 6.45) is 0.785. The summed E-state index contributed by atoms with van der Waals surface area (Å²) in [4.78, 5) is 32.8. The van der Waals surface area contributed by atoms with Gasteiger partial charge in [0.1, 0.15) is 24.0 Å². The van der Waals surface area contributed by atoms with Crippen molar-refractivity contribution in [2.24, 2.45) is 0 Å². The van der Waals surface area contributed by atoms with Crippen molar-refractivity contribution in [1.82, 2.24) is 35.0 Å². The number of aromatic nitrogens is 6. The lowest BCUT2D eigenvalue weighted by molar-refractivity contribution is -0.0434. The van der Waals surface area contributed by atoms with Gasteiger partial charge in [0.05, 0.1) is 37.5 Å². The zero-order chi connectivity index (χ0) is 33.9. The SMILES string of the molecule is O=C(Nc1cccnc1)N[C@@H]1CCN(c2nc(N[C@H](CO)Cc3ccccc3)c3ncn([C@@H]4O[C@H](c5cc(CO)no5)[C@@H](O)[C@@H]4O)c3n2)C1. The molecule has 6 atom stereocenters. The first-order valence-electron chi connectivity index (χ1n) is 15.9. The van der Waals surface area contributed by atoms with Crippen molar-refractivity contribution in [3.63, 3.8) is 0 Å². The maximum Gasteiger partial charge on any atom is 0.319 e. The van der Waals surface area contributed by atoms with Gasteiger partial charge in [0.2, 0.25) is 5.95 Å². The number of nitrogens with zero attached hydrogens (tertiary/aromatic N) is 7. The third-order valence-corrected chi connectivity index (χ3v) is 8.55. The number of aliphatic hydroxyl groups is 4. The Bertz CT molecular complexity index is 1870. The highest BCUT2D eigenvalue weighted by Crippen LogP contribution is 2.40. The van der Waals surface area contributed by atoms with Crippen LogP contribution in [0.3, 0.4) is 0 Å². The summed E-state index contributed by atoms with van der Waals surface area (Å²) >= 11 is 0. The van der Waals surface area contributed by atoms with Crippen molar-refractivity contribution >= 4 is 34.6 Å². The van der Waals surface area contributed by atoms with E-state index in [1.165, 1.54) is 17.0 Å². The second-order valence-corrected chi connectivity index (χ2v) is 12.0. The number of hydrogen-bond acceptors (Lipinski definition) is 14. The molecular weight excluding hydrogens is 636 g/mol. The number of rotatable bonds is 11. The molecule has 2 amide bonds. The molecule has 0 bridgehead atoms. The number of urea groups is 1. The Balaban J connectivity index is 1.17. The molecule has 17 nitrogen and oxygen atoms in total. The van der Waals surface area contributed by atoms with Crippen molar-refractivity contribution in [2.45, 2.75) is 56.1 Å². The van der Waals surface area contributed by atoms with E-state index in [0.29, 0.717) is 54.5 Å². The lowest BCUT2D eigenvalue weighted by Crippen LogP contribution is -2.40. The normalized spacial score (nSPS) is 22.8. The minimum absolute atomic E-state index is 0.148. The van der Waals surface area contributed by atoms with Crippen LogP contribution < -0.4 is 20.9 Å². The maximum absolute atomic E-state index is 12.7. The van der Waals surface area contributed by atoms with Gasteiger partial charge >= 0.3 is 6.03 Å². The number of fused-ring (bicyclic) bond motifs is 1. The Hall–Kier alpha value is -5.20. The second-order valence-electron chi connectivity index (χ2n) is 12.0. The van der Waals surface area contributed by atoms with Crippen LogP contribution >= 0.6 is 0 Å². The number of aliphatic hydroxyl groups excluding tert-OH is 4. The van der Waals surface area contributed by atoms with E-state index >= 15 is 0 Å². The molecule has 2 aliphatic heterocycles. The number of ether oxygens (including phenoxy) is 1. The van der Waals surface area contributed by atoms with Crippen molar-refractivity contribution in [2.75, 3.05) is 35.2 Å². The summed E-state index contributed by atoms with van der Waals surface area (Å²) < 4.78 is 12.9. The minimum Gasteiger partial charge on any atom is -0.394 e. The van der Waals surface area contributed by atoms with E-state index in [4.69, 9.17) is 19.2 Å². The first-order valence-corrected chi connectivity index (χ1v) is 15.9. The van der Waals surface area contributed by atoms with Gasteiger partial charge in [-0.3, -0.25) is 9.55 Å². The van der Waals surface area contributed by atoms with Crippen LogP contribution in [0.15, 0.2) is 71.8 Å². The smallest absolute Gasteiger partial charge is 0.319 e. The van der Waals surface area contributed by atoms with Crippen molar-refractivity contribution in [3.05, 3.63) is 84.3 Å². The van der Waals surface area contributed by atoms with E-state index in [1.807, 2.05) is 35.2 Å². The summed E-state index contributed by atoms with van der Waals surface area (Å²) in [6, 6.07) is 13.7. The number of benzene rings is 1. The maximum atomic E-state index is 12.7. The molecule has 256 valence electrons. The predicted molar refractivity (Wildman–Crippen MR) is 174 cm³/mol. The number of hydrogen-bond donors (Lipinski definition) is 7. The van der Waals surface area contributed by atoms with Crippen LogP contribution in [0.5, 0.6) is 0 Å². The Kier molecular flexibility index (Phi) is 9.32. The monoisotopic (exact) mass is 672 g/mol. The number of nitrogens with one attached hydrogen (secondary N) is 3. The van der Waals surface area contributed by atoms with E-state index in [1.54, 1.807) is 24.5 Å². The van der Waals surface area contributed by atoms with E-state index in [2.05, 4.69) is 31.1 Å². The minimum atomic E-state index is -1.40. The quantitative estimate of drug-likeness (QED) is 0.104. The molecule has 7 rings (SSSR count). The summed E-state index contributed by atoms with van der Waals surface area (Å²) in [5, 5.41) is 54.6. The topological polar surface area (TPSA) is 229 Å². The molecule has 2 aliphatic rings. The molecule has 0 radical (unpaired) electrons. The number of carbonyl (C=O) groups is 1. The first-order chi connectivity index (χ1) is 23.9. The van der Waals surface area contributed by atoms with Crippen LogP contribution in [0, 0.1) is 0 Å². The lowest BCUT2D eigenvalue weighted by Gasteiger charge is -2.22. The van der Waals surface area contributed by atoms with Gasteiger partial charge in [-0.2, -0.15) is 9.97 Å². The first kappa shape index (κ1) is 32.4. The van der Waals surface area contributed by atoms with Gasteiger partial charge in [-0.25, -0.2) is 9.78 Å². The number of anilines is 3. The summed E-state index contributed by atoms with van der Waals surface area (Å²) in [7, 11) is 0. The fourth-order valence-electron chi connectivity index (χ4n) is 6.10. The predicted octanol–water partition coefficient (Wildman–Crippen LogP) is 1.11. The standard InChI is InChI=1S/C32H36N10O7/c43-15-21(11-18-5-2-1-3-6-18)35-28-24-29(42(17-34-24)30-26(46)25(45)27(48-30)23-12-22(16-44)40-49-23)39-31(38-28)41-10-8-20(14-41)37-32(47)36-19-7-4-9-33-13-19/h1-7,9,12-13,17,20-21,25-27,30,43-46H,8,10-11,14-16H2,(H,35,38,39)(H2,36,37,47)/t20-,21+,25+,26+,27-,30-/m1/s1. The number of pyridine rings is 1. The number of carbonyl (C=O) groups excluding carboxylic acids is 1. The highest BCUT2D eigenvalue weighted by Gasteiger charge is 2.47. The van der Waals surface area contributed by atoms with Gasteiger partial charge in [-0.05, 0) is 30.5 Å². The summed E-state index contributed by atoms with van der Waals surface area (Å²) in [5.74, 6) is 0.833. The van der Waals surface area contributed by atoms with Gasteiger partial charge in [-0.15, -0.1) is 0 Å². The molecule has 2 fully saturated rings. The van der Waals surface area contributed by atoms with E-state index in [-0.39, 0.29) is 36.7 Å². The second kappa shape index (κ2) is 14.1. The highest BCUT2D eigenvalue weighted by atomic mass is 16.6. The summed E-state index contributed by atoms with van der Waals surface area (Å²) in [6.45, 7) is 0.395. The third-order valence-electron chi connectivity index (χ3n) is 8.55. The Morgan fingerprint density at radius 2 is 1.94 bits per heavy atom. The molecule has 0 aliphatic carbocycles. The van der Waals surface area contributed by atoms with E-state index in [0.717, 1.165) is 5.56 Å². The molecule has 17 heteroatoms. The molecule has 1 aromatic carbocycles. The Morgan fingerprint density at radius 3 is 2.69 bits per heavy atom. The van der Waals surface area contributed by atoms with Crippen LogP contribution in [0.2, 0.25) is 0 Å². The van der Waals surface area contributed by atoms with Crippen LogP contribution in [-0.4, -0.2) is 100 Å². The van der Waals surface area contributed by atoms with Crippen LogP contribution in [0.1, 0.15) is 35.8 Å². The Morgan fingerprint density at radius 1 is 1.08 bits per heavy atom. The number of imidazole rings is 1. The van der Waals surface area contributed by atoms with Gasteiger partial charge in [0, 0.05) is 31.4 Å². The largest absolute Gasteiger partial charge is 0.394 e. The van der Waals surface area contributed by atoms with Crippen molar-refractivity contribution in [3.8, 4) is 0 Å². The van der Waals surface area contributed by atoms with Gasteiger partial charge in [-0.1, -0.05) is 35.5 Å². The molecule has 2 saturated heterocycles. The van der Waals surface area contributed by atoms with Gasteiger partial charge < -0.3 is 50.5 Å². The molecule has 0 saturated carbocycles. The molecule has 4 aromatic heterocycles. The highest BCUT2D eigenvalue weighted by molar-refractivity contribution is 5.89. The van der Waals surface area contributed by atoms with Crippen LogP contribution in [0.25, 0.3) is 11.2 Å². The zero-order valence-corrected chi connectivity index (χ0v) is 26.2. The summed E-state index contributed by atoms with van der Waals surface area (Å²) in [5.41, 5.74) is 2.51. The van der Waals surface area contributed by atoms with Crippen LogP contribution in [0.4, 0.5) is 22.2 Å². The fourth-order valence-corrected chi connectivity index (χ4v) is 6.10. The fraction of sp³-hybridized carbons (Fsp3) is 0.375. The molecule has 0 unspecified atom stereocenters. The third kappa shape index (κ3) is 6.87. The molecule has 0 spiro atoms. The average molecular weight is 673 g/mol. The van der Waals surface area contributed by atoms with E-state index < -0.39 is 30.6 Å². The number of amides is 2. The van der Waals surface area contributed by atoms with Gasteiger partial charge in [0.15, 0.2) is 29.0 Å². The van der Waals surface area contributed by atoms with E-state index in [9.17, 15) is 25.2 Å². The molecule has 7 N–H and O–H groups in total. The average Bonchev–Trinajstić information content (AvgIpc) is 3.93. The van der Waals surface area contributed by atoms with Crippen molar-refractivity contribution < 1.29 is 34.5 Å².